The summed E-state index contributed by atoms with van der Waals surface area (Å²) in [5.74, 6) is 0.541. The van der Waals surface area contributed by atoms with Gasteiger partial charge >= 0.3 is 0 Å². The van der Waals surface area contributed by atoms with Crippen molar-refractivity contribution in [2.75, 3.05) is 10.6 Å². The van der Waals surface area contributed by atoms with Gasteiger partial charge in [0.15, 0.2) is 5.11 Å². The van der Waals surface area contributed by atoms with Crippen LogP contribution >= 0.6 is 12.2 Å². The molecule has 110 valence electrons. The molecule has 0 atom stereocenters. The minimum absolute atomic E-state index is 0.541. The maximum atomic E-state index is 5.38. The smallest absolute Gasteiger partial charge is 0.175 e. The lowest BCUT2D eigenvalue weighted by Crippen LogP contribution is -2.19. The van der Waals surface area contributed by atoms with E-state index in [0.29, 0.717) is 11.0 Å². The molecule has 0 saturated carbocycles. The Bertz CT molecular complexity index is 630. The summed E-state index contributed by atoms with van der Waals surface area (Å²) in [5, 5.41) is 7.09. The molecule has 0 spiro atoms. The molecule has 0 saturated heterocycles. The van der Waals surface area contributed by atoms with Crippen LogP contribution in [0.3, 0.4) is 0 Å². The van der Waals surface area contributed by atoms with E-state index in [1.807, 2.05) is 12.1 Å². The van der Waals surface area contributed by atoms with E-state index in [1.165, 1.54) is 16.7 Å². The Kier molecular flexibility index (Phi) is 4.97. The standard InChI is InChI=1S/C18H22N2S/c1-12(2)15-8-10-16(11-9-15)19-18(21)20-17-7-5-6-13(3)14(17)4/h5-12H,1-4H3,(H2,19,20,21). The molecule has 2 aromatic carbocycles. The predicted octanol–water partition coefficient (Wildman–Crippen LogP) is 5.24. The Morgan fingerprint density at radius 2 is 1.62 bits per heavy atom. The summed E-state index contributed by atoms with van der Waals surface area (Å²) in [6.07, 6.45) is 0. The molecule has 2 nitrogen and oxygen atoms in total. The number of hydrogen-bond acceptors (Lipinski definition) is 1. The van der Waals surface area contributed by atoms with Gasteiger partial charge in [0.1, 0.15) is 0 Å². The summed E-state index contributed by atoms with van der Waals surface area (Å²) in [4.78, 5) is 0. The van der Waals surface area contributed by atoms with Crippen LogP contribution in [-0.4, -0.2) is 5.11 Å². The molecule has 0 heterocycles. The highest BCUT2D eigenvalue weighted by Gasteiger charge is 2.04. The van der Waals surface area contributed by atoms with Crippen molar-refractivity contribution in [2.45, 2.75) is 33.6 Å². The van der Waals surface area contributed by atoms with Gasteiger partial charge < -0.3 is 10.6 Å². The molecule has 2 rings (SSSR count). The maximum absolute atomic E-state index is 5.38. The van der Waals surface area contributed by atoms with E-state index >= 15 is 0 Å². The monoisotopic (exact) mass is 298 g/mol. The van der Waals surface area contributed by atoms with Gasteiger partial charge in [-0.1, -0.05) is 38.1 Å². The Morgan fingerprint density at radius 3 is 2.24 bits per heavy atom. The Morgan fingerprint density at radius 1 is 0.952 bits per heavy atom. The summed E-state index contributed by atoms with van der Waals surface area (Å²) >= 11 is 5.38. The normalized spacial score (nSPS) is 10.5. The molecule has 0 fully saturated rings. The van der Waals surface area contributed by atoms with Gasteiger partial charge in [-0.25, -0.2) is 0 Å². The molecular weight excluding hydrogens is 276 g/mol. The van der Waals surface area contributed by atoms with Crippen LogP contribution in [0.15, 0.2) is 42.5 Å². The third-order valence-corrected chi connectivity index (χ3v) is 3.89. The predicted molar refractivity (Wildman–Crippen MR) is 96.3 cm³/mol. The maximum Gasteiger partial charge on any atom is 0.175 e. The number of hydrogen-bond donors (Lipinski definition) is 2. The van der Waals surface area contributed by atoms with E-state index in [1.54, 1.807) is 0 Å². The number of anilines is 2. The van der Waals surface area contributed by atoms with Crippen molar-refractivity contribution in [1.29, 1.82) is 0 Å². The van der Waals surface area contributed by atoms with Gasteiger partial charge in [-0.15, -0.1) is 0 Å². The highest BCUT2D eigenvalue weighted by atomic mass is 32.1. The molecule has 0 amide bonds. The van der Waals surface area contributed by atoms with Gasteiger partial charge in [0.05, 0.1) is 0 Å². The molecule has 0 unspecified atom stereocenters. The summed E-state index contributed by atoms with van der Waals surface area (Å²) in [6, 6.07) is 14.6. The fourth-order valence-corrected chi connectivity index (χ4v) is 2.35. The van der Waals surface area contributed by atoms with Crippen LogP contribution in [-0.2, 0) is 0 Å². The first-order chi connectivity index (χ1) is 9.97. The van der Waals surface area contributed by atoms with Crippen LogP contribution in [0, 0.1) is 13.8 Å². The van der Waals surface area contributed by atoms with E-state index in [0.717, 1.165) is 11.4 Å². The second-order valence-electron chi connectivity index (χ2n) is 5.60. The van der Waals surface area contributed by atoms with Gasteiger partial charge in [0.25, 0.3) is 0 Å². The SMILES string of the molecule is Cc1cccc(NC(=S)Nc2ccc(C(C)C)cc2)c1C. The lowest BCUT2D eigenvalue weighted by Gasteiger charge is -2.14. The molecule has 0 aliphatic heterocycles. The molecule has 2 N–H and O–H groups in total. The van der Waals surface area contributed by atoms with Crippen LogP contribution in [0.25, 0.3) is 0 Å². The minimum atomic E-state index is 0.541. The van der Waals surface area contributed by atoms with Crippen molar-refractivity contribution in [2.24, 2.45) is 0 Å². The van der Waals surface area contributed by atoms with Crippen LogP contribution in [0.5, 0.6) is 0 Å². The number of thiocarbonyl (C=S) groups is 1. The molecule has 0 aliphatic carbocycles. The van der Waals surface area contributed by atoms with Crippen LogP contribution in [0.4, 0.5) is 11.4 Å². The lowest BCUT2D eigenvalue weighted by molar-refractivity contribution is 0.867. The van der Waals surface area contributed by atoms with E-state index in [2.05, 4.69) is 68.7 Å². The van der Waals surface area contributed by atoms with E-state index in [9.17, 15) is 0 Å². The summed E-state index contributed by atoms with van der Waals surface area (Å²) in [5.41, 5.74) is 5.85. The Balaban J connectivity index is 2.03. The second kappa shape index (κ2) is 6.72. The van der Waals surface area contributed by atoms with Crippen molar-refractivity contribution in [3.63, 3.8) is 0 Å². The molecule has 21 heavy (non-hydrogen) atoms. The largest absolute Gasteiger partial charge is 0.332 e. The van der Waals surface area contributed by atoms with Crippen molar-refractivity contribution >= 4 is 28.7 Å². The summed E-state index contributed by atoms with van der Waals surface area (Å²) in [6.45, 7) is 8.57. The van der Waals surface area contributed by atoms with Crippen molar-refractivity contribution in [1.82, 2.24) is 0 Å². The Labute approximate surface area is 132 Å². The van der Waals surface area contributed by atoms with Crippen LogP contribution in [0.2, 0.25) is 0 Å². The number of rotatable bonds is 3. The van der Waals surface area contributed by atoms with Gasteiger partial charge in [-0.05, 0) is 66.9 Å². The van der Waals surface area contributed by atoms with Crippen LogP contribution < -0.4 is 10.6 Å². The molecule has 3 heteroatoms. The average Bonchev–Trinajstić information content (AvgIpc) is 2.44. The second-order valence-corrected chi connectivity index (χ2v) is 6.01. The Hall–Kier alpha value is -1.87. The topological polar surface area (TPSA) is 24.1 Å². The van der Waals surface area contributed by atoms with Crippen molar-refractivity contribution in [3.05, 3.63) is 59.2 Å². The van der Waals surface area contributed by atoms with Crippen molar-refractivity contribution < 1.29 is 0 Å². The van der Waals surface area contributed by atoms with Gasteiger partial charge in [0.2, 0.25) is 0 Å². The summed E-state index contributed by atoms with van der Waals surface area (Å²) < 4.78 is 0. The van der Waals surface area contributed by atoms with E-state index < -0.39 is 0 Å². The third kappa shape index (κ3) is 4.05. The van der Waals surface area contributed by atoms with Crippen molar-refractivity contribution in [3.8, 4) is 0 Å². The minimum Gasteiger partial charge on any atom is -0.332 e. The van der Waals surface area contributed by atoms with E-state index in [-0.39, 0.29) is 0 Å². The van der Waals surface area contributed by atoms with Gasteiger partial charge in [-0.3, -0.25) is 0 Å². The molecule has 0 radical (unpaired) electrons. The first kappa shape index (κ1) is 15.5. The van der Waals surface area contributed by atoms with Gasteiger partial charge in [0, 0.05) is 11.4 Å². The number of nitrogens with one attached hydrogen (secondary N) is 2. The first-order valence-corrected chi connectivity index (χ1v) is 7.62. The zero-order valence-electron chi connectivity index (χ0n) is 13.0. The third-order valence-electron chi connectivity index (χ3n) is 3.69. The number of aryl methyl sites for hydroxylation is 1. The highest BCUT2D eigenvalue weighted by molar-refractivity contribution is 7.80. The molecule has 0 bridgehead atoms. The fourth-order valence-electron chi connectivity index (χ4n) is 2.12. The molecule has 2 aromatic rings. The molecule has 0 aliphatic rings. The fraction of sp³-hybridized carbons (Fsp3) is 0.278. The van der Waals surface area contributed by atoms with E-state index in [4.69, 9.17) is 12.2 Å². The zero-order chi connectivity index (χ0) is 15.4. The van der Waals surface area contributed by atoms with Gasteiger partial charge in [-0.2, -0.15) is 0 Å². The molecular formula is C18H22N2S. The quantitative estimate of drug-likeness (QED) is 0.758. The summed E-state index contributed by atoms with van der Waals surface area (Å²) in [7, 11) is 0. The molecule has 0 aromatic heterocycles. The van der Waals surface area contributed by atoms with Crippen LogP contribution in [0.1, 0.15) is 36.5 Å². The zero-order valence-corrected chi connectivity index (χ0v) is 13.8. The average molecular weight is 298 g/mol. The highest BCUT2D eigenvalue weighted by Crippen LogP contribution is 2.20. The first-order valence-electron chi connectivity index (χ1n) is 7.21. The number of benzene rings is 2. The lowest BCUT2D eigenvalue weighted by atomic mass is 10.0.